The Hall–Kier alpha value is -3.16. The molecular formula is C21H25FN2O5. The van der Waals surface area contributed by atoms with Gasteiger partial charge in [-0.3, -0.25) is 4.79 Å². The highest BCUT2D eigenvalue weighted by Crippen LogP contribution is 2.28. The number of nitrogens with zero attached hydrogens (tertiary/aromatic N) is 1. The zero-order chi connectivity index (χ0) is 21.7. The first-order chi connectivity index (χ1) is 13.6. The number of halogens is 1. The number of carbonyl (C=O) groups excluding carboxylic acids is 2. The summed E-state index contributed by atoms with van der Waals surface area (Å²) >= 11 is 0. The maximum absolute atomic E-state index is 13.3. The molecule has 2 aromatic rings. The summed E-state index contributed by atoms with van der Waals surface area (Å²) in [5.41, 5.74) is 1.38. The zero-order valence-electron chi connectivity index (χ0n) is 17.0. The van der Waals surface area contributed by atoms with Crippen molar-refractivity contribution in [3.05, 3.63) is 53.1 Å². The molecule has 1 amide bonds. The van der Waals surface area contributed by atoms with Crippen molar-refractivity contribution in [2.75, 3.05) is 7.11 Å². The Balaban J connectivity index is 2.02. The molecule has 0 aliphatic carbocycles. The van der Waals surface area contributed by atoms with E-state index in [2.05, 4.69) is 10.3 Å². The van der Waals surface area contributed by atoms with Crippen molar-refractivity contribution >= 4 is 11.9 Å². The molecule has 2 rings (SSSR count). The van der Waals surface area contributed by atoms with Gasteiger partial charge in [-0.2, -0.15) is 0 Å². The zero-order valence-corrected chi connectivity index (χ0v) is 17.0. The molecule has 156 valence electrons. The highest BCUT2D eigenvalue weighted by molar-refractivity contribution is 5.97. The van der Waals surface area contributed by atoms with Crippen LogP contribution in [0.4, 0.5) is 4.39 Å². The SMILES string of the molecule is COc1ccnc(C(=O)N[C@H](C)C(=O)O[C@H](C)[C@H](C)c2ccc(F)cc2C)c1O. The minimum Gasteiger partial charge on any atom is -0.503 e. The van der Waals surface area contributed by atoms with E-state index in [1.165, 1.54) is 38.4 Å². The van der Waals surface area contributed by atoms with Gasteiger partial charge in [0.25, 0.3) is 5.91 Å². The first-order valence-corrected chi connectivity index (χ1v) is 9.15. The number of aromatic nitrogens is 1. The van der Waals surface area contributed by atoms with Crippen molar-refractivity contribution in [3.63, 3.8) is 0 Å². The number of benzene rings is 1. The number of rotatable bonds is 7. The van der Waals surface area contributed by atoms with Gasteiger partial charge in [-0.25, -0.2) is 14.2 Å². The molecule has 29 heavy (non-hydrogen) atoms. The van der Waals surface area contributed by atoms with Gasteiger partial charge in [-0.15, -0.1) is 0 Å². The van der Waals surface area contributed by atoms with Crippen LogP contribution < -0.4 is 10.1 Å². The molecular weight excluding hydrogens is 379 g/mol. The van der Waals surface area contributed by atoms with Gasteiger partial charge >= 0.3 is 5.97 Å². The van der Waals surface area contributed by atoms with Crippen molar-refractivity contribution in [2.24, 2.45) is 0 Å². The highest BCUT2D eigenvalue weighted by Gasteiger charge is 2.26. The largest absolute Gasteiger partial charge is 0.503 e. The van der Waals surface area contributed by atoms with Crippen molar-refractivity contribution in [3.8, 4) is 11.5 Å². The quantitative estimate of drug-likeness (QED) is 0.688. The Bertz CT molecular complexity index is 903. The average Bonchev–Trinajstić information content (AvgIpc) is 2.67. The predicted molar refractivity (Wildman–Crippen MR) is 104 cm³/mol. The van der Waals surface area contributed by atoms with Gasteiger partial charge < -0.3 is 19.9 Å². The summed E-state index contributed by atoms with van der Waals surface area (Å²) in [5.74, 6) is -2.19. The van der Waals surface area contributed by atoms with E-state index in [9.17, 15) is 19.1 Å². The normalized spacial score (nSPS) is 13.9. The van der Waals surface area contributed by atoms with Gasteiger partial charge in [0.1, 0.15) is 18.0 Å². The van der Waals surface area contributed by atoms with E-state index in [-0.39, 0.29) is 23.2 Å². The molecule has 0 spiro atoms. The smallest absolute Gasteiger partial charge is 0.328 e. The van der Waals surface area contributed by atoms with Crippen molar-refractivity contribution in [1.29, 1.82) is 0 Å². The lowest BCUT2D eigenvalue weighted by Gasteiger charge is -2.24. The topological polar surface area (TPSA) is 97.8 Å². The van der Waals surface area contributed by atoms with Crippen LogP contribution in [0.25, 0.3) is 0 Å². The fourth-order valence-corrected chi connectivity index (χ4v) is 2.88. The molecule has 2 N–H and O–H groups in total. The third-order valence-corrected chi connectivity index (χ3v) is 4.75. The van der Waals surface area contributed by atoms with Crippen molar-refractivity contribution < 1.29 is 28.6 Å². The third kappa shape index (κ3) is 5.22. The molecule has 0 unspecified atom stereocenters. The molecule has 0 bridgehead atoms. The number of esters is 1. The van der Waals surface area contributed by atoms with E-state index in [0.717, 1.165) is 11.1 Å². The van der Waals surface area contributed by atoms with Gasteiger partial charge in [-0.05, 0) is 44.0 Å². The number of ether oxygens (including phenoxy) is 2. The maximum atomic E-state index is 13.3. The van der Waals surface area contributed by atoms with Crippen LogP contribution in [0.5, 0.6) is 11.5 Å². The molecule has 0 saturated carbocycles. The van der Waals surface area contributed by atoms with Crippen LogP contribution in [0.2, 0.25) is 0 Å². The second kappa shape index (κ2) is 9.36. The molecule has 0 aliphatic rings. The number of aryl methyl sites for hydroxylation is 1. The fraction of sp³-hybridized carbons (Fsp3) is 0.381. The minimum atomic E-state index is -0.973. The summed E-state index contributed by atoms with van der Waals surface area (Å²) in [6, 6.07) is 4.89. The minimum absolute atomic E-state index is 0.0949. The van der Waals surface area contributed by atoms with Crippen LogP contribution in [0.15, 0.2) is 30.5 Å². The Morgan fingerprint density at radius 2 is 1.90 bits per heavy atom. The average molecular weight is 404 g/mol. The molecule has 8 heteroatoms. The number of carbonyl (C=O) groups is 2. The molecule has 7 nitrogen and oxygen atoms in total. The Morgan fingerprint density at radius 3 is 2.52 bits per heavy atom. The molecule has 0 fully saturated rings. The second-order valence-corrected chi connectivity index (χ2v) is 6.84. The second-order valence-electron chi connectivity index (χ2n) is 6.84. The van der Waals surface area contributed by atoms with Crippen LogP contribution in [0.3, 0.4) is 0 Å². The summed E-state index contributed by atoms with van der Waals surface area (Å²) in [6.07, 6.45) is 0.806. The van der Waals surface area contributed by atoms with E-state index in [0.29, 0.717) is 0 Å². The predicted octanol–water partition coefficient (Wildman–Crippen LogP) is 3.10. The van der Waals surface area contributed by atoms with E-state index in [1.807, 2.05) is 6.92 Å². The summed E-state index contributed by atoms with van der Waals surface area (Å²) < 4.78 is 23.7. The molecule has 1 aromatic heterocycles. The Morgan fingerprint density at radius 1 is 1.21 bits per heavy atom. The lowest BCUT2D eigenvalue weighted by atomic mass is 9.92. The van der Waals surface area contributed by atoms with Crippen LogP contribution in [0.1, 0.15) is 48.3 Å². The van der Waals surface area contributed by atoms with Gasteiger partial charge in [0.05, 0.1) is 7.11 Å². The number of pyridine rings is 1. The monoisotopic (exact) mass is 404 g/mol. The summed E-state index contributed by atoms with van der Waals surface area (Å²) in [4.78, 5) is 28.6. The van der Waals surface area contributed by atoms with Crippen LogP contribution >= 0.6 is 0 Å². The number of hydrogen-bond acceptors (Lipinski definition) is 6. The van der Waals surface area contributed by atoms with Gasteiger partial charge in [0.15, 0.2) is 17.2 Å². The lowest BCUT2D eigenvalue weighted by molar-refractivity contribution is -0.151. The molecule has 3 atom stereocenters. The number of nitrogens with one attached hydrogen (secondary N) is 1. The Labute approximate surface area is 168 Å². The van der Waals surface area contributed by atoms with Crippen LogP contribution in [-0.2, 0) is 9.53 Å². The highest BCUT2D eigenvalue weighted by atomic mass is 19.1. The number of hydrogen-bond donors (Lipinski definition) is 2. The first-order valence-electron chi connectivity index (χ1n) is 9.15. The molecule has 0 aliphatic heterocycles. The van der Waals surface area contributed by atoms with Crippen LogP contribution in [0, 0.1) is 12.7 Å². The summed E-state index contributed by atoms with van der Waals surface area (Å²) in [6.45, 7) is 6.87. The summed E-state index contributed by atoms with van der Waals surface area (Å²) in [5, 5.41) is 12.5. The van der Waals surface area contributed by atoms with Crippen molar-refractivity contribution in [1.82, 2.24) is 10.3 Å². The van der Waals surface area contributed by atoms with E-state index < -0.39 is 29.8 Å². The first kappa shape index (κ1) is 22.1. The standard InChI is InChI=1S/C21H25FN2O5/c1-11-10-15(22)6-7-16(11)12(2)14(4)29-21(27)13(3)24-20(26)18-19(25)17(28-5)8-9-23-18/h6-10,12-14,25H,1-5H3,(H,24,26)/t12-,13+,14+/m0/s1. The Kier molecular flexibility index (Phi) is 7.14. The van der Waals surface area contributed by atoms with Crippen molar-refractivity contribution in [2.45, 2.75) is 45.8 Å². The van der Waals surface area contributed by atoms with Crippen LogP contribution in [-0.4, -0.2) is 41.2 Å². The maximum Gasteiger partial charge on any atom is 0.328 e. The third-order valence-electron chi connectivity index (χ3n) is 4.75. The molecule has 0 radical (unpaired) electrons. The van der Waals surface area contributed by atoms with E-state index in [1.54, 1.807) is 19.9 Å². The van der Waals surface area contributed by atoms with Gasteiger partial charge in [-0.1, -0.05) is 13.0 Å². The number of methoxy groups -OCH3 is 1. The van der Waals surface area contributed by atoms with Gasteiger partial charge in [0, 0.05) is 18.2 Å². The van der Waals surface area contributed by atoms with E-state index >= 15 is 0 Å². The molecule has 1 aromatic carbocycles. The number of amides is 1. The lowest BCUT2D eigenvalue weighted by Crippen LogP contribution is -2.41. The van der Waals surface area contributed by atoms with E-state index in [4.69, 9.17) is 9.47 Å². The number of aromatic hydroxyl groups is 1. The van der Waals surface area contributed by atoms with Gasteiger partial charge in [0.2, 0.25) is 0 Å². The molecule has 0 saturated heterocycles. The fourth-order valence-electron chi connectivity index (χ4n) is 2.88. The summed E-state index contributed by atoms with van der Waals surface area (Å²) in [7, 11) is 1.35. The molecule has 1 heterocycles.